The predicted octanol–water partition coefficient (Wildman–Crippen LogP) is 4.18. The molecule has 8 nitrogen and oxygen atoms in total. The topological polar surface area (TPSA) is 82.2 Å². The number of rotatable bonds is 5. The van der Waals surface area contributed by atoms with Crippen LogP contribution in [0, 0.1) is 0 Å². The van der Waals surface area contributed by atoms with Crippen LogP contribution in [-0.4, -0.2) is 56.3 Å². The lowest BCUT2D eigenvalue weighted by molar-refractivity contribution is 0.0573. The Hall–Kier alpha value is -3.94. The van der Waals surface area contributed by atoms with Crippen molar-refractivity contribution in [2.75, 3.05) is 20.2 Å². The lowest BCUT2D eigenvalue weighted by Gasteiger charge is -2.33. The molecule has 0 spiro atoms. The number of amides is 1. The van der Waals surface area contributed by atoms with E-state index in [1.54, 1.807) is 12.3 Å². The van der Waals surface area contributed by atoms with Crippen LogP contribution in [0.5, 0.6) is 0 Å². The molecular formula is C26H27N5O3. The number of fused-ring (bicyclic) bond motifs is 1. The summed E-state index contributed by atoms with van der Waals surface area (Å²) in [5, 5.41) is 5.22. The third-order valence-corrected chi connectivity index (χ3v) is 6.53. The van der Waals surface area contributed by atoms with Crippen molar-refractivity contribution in [2.24, 2.45) is 0 Å². The zero-order valence-corrected chi connectivity index (χ0v) is 19.3. The van der Waals surface area contributed by atoms with Crippen LogP contribution in [0.15, 0.2) is 60.9 Å². The van der Waals surface area contributed by atoms with Crippen molar-refractivity contribution in [3.63, 3.8) is 0 Å². The number of likely N-dealkylation sites (tertiary alicyclic amines) is 1. The van der Waals surface area contributed by atoms with Gasteiger partial charge in [0.05, 0.1) is 30.0 Å². The minimum absolute atomic E-state index is 0.0145. The van der Waals surface area contributed by atoms with Gasteiger partial charge in [-0.25, -0.2) is 14.5 Å². The summed E-state index contributed by atoms with van der Waals surface area (Å²) in [5.74, 6) is -0.358. The van der Waals surface area contributed by atoms with Gasteiger partial charge in [0.2, 0.25) is 0 Å². The number of aryl methyl sites for hydroxylation is 1. The highest BCUT2D eigenvalue weighted by Gasteiger charge is 2.28. The van der Waals surface area contributed by atoms with E-state index in [-0.39, 0.29) is 17.9 Å². The zero-order valence-electron chi connectivity index (χ0n) is 19.3. The van der Waals surface area contributed by atoms with Crippen LogP contribution in [0.4, 0.5) is 0 Å². The maximum atomic E-state index is 13.7. The van der Waals surface area contributed by atoms with Crippen molar-refractivity contribution >= 4 is 22.9 Å². The highest BCUT2D eigenvalue weighted by Crippen LogP contribution is 2.29. The van der Waals surface area contributed by atoms with Gasteiger partial charge in [-0.1, -0.05) is 30.3 Å². The van der Waals surface area contributed by atoms with E-state index in [4.69, 9.17) is 9.72 Å². The van der Waals surface area contributed by atoms with Crippen LogP contribution >= 0.6 is 0 Å². The maximum Gasteiger partial charge on any atom is 0.354 e. The average molecular weight is 458 g/mol. The van der Waals surface area contributed by atoms with E-state index in [1.165, 1.54) is 7.11 Å². The summed E-state index contributed by atoms with van der Waals surface area (Å²) < 4.78 is 8.70. The lowest BCUT2D eigenvalue weighted by Crippen LogP contribution is -2.39. The summed E-state index contributed by atoms with van der Waals surface area (Å²) in [6.07, 6.45) is 5.17. The number of hydrogen-bond donors (Lipinski definition) is 0. The van der Waals surface area contributed by atoms with Crippen molar-refractivity contribution in [3.05, 3.63) is 72.2 Å². The molecule has 1 aromatic carbocycles. The number of piperidine rings is 1. The summed E-state index contributed by atoms with van der Waals surface area (Å²) in [7, 11) is 1.39. The Bertz CT molecular complexity index is 1330. The Balaban J connectivity index is 1.43. The molecule has 1 amide bonds. The van der Waals surface area contributed by atoms with E-state index < -0.39 is 0 Å². The molecule has 1 aliphatic rings. The van der Waals surface area contributed by atoms with Crippen LogP contribution in [0.3, 0.4) is 0 Å². The molecule has 0 saturated carbocycles. The molecule has 34 heavy (non-hydrogen) atoms. The Morgan fingerprint density at radius 3 is 2.56 bits per heavy atom. The normalized spacial score (nSPS) is 14.5. The quantitative estimate of drug-likeness (QED) is 0.420. The number of methoxy groups -OCH3 is 1. The highest BCUT2D eigenvalue weighted by molar-refractivity contribution is 6.06. The number of pyridine rings is 1. The Kier molecular flexibility index (Phi) is 5.88. The number of esters is 1. The van der Waals surface area contributed by atoms with E-state index in [0.717, 1.165) is 35.1 Å². The van der Waals surface area contributed by atoms with Gasteiger partial charge in [0.15, 0.2) is 5.65 Å². The van der Waals surface area contributed by atoms with E-state index in [2.05, 4.69) is 5.10 Å². The SMILES string of the molecule is CCn1ncc2c(C(=O)N3CCC(n4cccc4C(=O)OC)CC3)cc(-c3ccccc3)nc21. The van der Waals surface area contributed by atoms with E-state index >= 15 is 0 Å². The van der Waals surface area contributed by atoms with Crippen molar-refractivity contribution in [1.82, 2.24) is 24.2 Å². The number of hydrogen-bond acceptors (Lipinski definition) is 5. The number of ether oxygens (including phenoxy) is 1. The molecule has 4 aromatic rings. The fourth-order valence-electron chi connectivity index (χ4n) is 4.72. The fourth-order valence-corrected chi connectivity index (χ4v) is 4.72. The Labute approximate surface area is 197 Å². The van der Waals surface area contributed by atoms with Crippen LogP contribution < -0.4 is 0 Å². The van der Waals surface area contributed by atoms with Crippen LogP contribution in [0.1, 0.15) is 46.7 Å². The number of carbonyl (C=O) groups is 2. The van der Waals surface area contributed by atoms with Gasteiger partial charge in [-0.3, -0.25) is 4.79 Å². The molecule has 0 atom stereocenters. The zero-order chi connectivity index (χ0) is 23.7. The molecule has 5 rings (SSSR count). The second-order valence-corrected chi connectivity index (χ2v) is 8.43. The van der Waals surface area contributed by atoms with Gasteiger partial charge < -0.3 is 14.2 Å². The van der Waals surface area contributed by atoms with Crippen LogP contribution in [0.25, 0.3) is 22.3 Å². The Morgan fingerprint density at radius 1 is 1.09 bits per heavy atom. The maximum absolute atomic E-state index is 13.7. The van der Waals surface area contributed by atoms with Crippen molar-refractivity contribution in [1.29, 1.82) is 0 Å². The van der Waals surface area contributed by atoms with Gasteiger partial charge in [-0.15, -0.1) is 0 Å². The van der Waals surface area contributed by atoms with Crippen molar-refractivity contribution in [2.45, 2.75) is 32.4 Å². The van der Waals surface area contributed by atoms with Gasteiger partial charge in [0, 0.05) is 37.4 Å². The molecule has 1 saturated heterocycles. The molecule has 4 heterocycles. The minimum atomic E-state index is -0.343. The van der Waals surface area contributed by atoms with E-state index in [9.17, 15) is 9.59 Å². The first-order chi connectivity index (χ1) is 16.6. The summed E-state index contributed by atoms with van der Waals surface area (Å²) in [6, 6.07) is 15.5. The number of carbonyl (C=O) groups excluding carboxylic acids is 2. The second kappa shape index (κ2) is 9.13. The third-order valence-electron chi connectivity index (χ3n) is 6.53. The molecule has 3 aromatic heterocycles. The molecule has 174 valence electrons. The molecule has 0 bridgehead atoms. The van der Waals surface area contributed by atoms with Gasteiger partial charge in [-0.2, -0.15) is 5.10 Å². The van der Waals surface area contributed by atoms with Gasteiger partial charge >= 0.3 is 5.97 Å². The van der Waals surface area contributed by atoms with Crippen molar-refractivity contribution in [3.8, 4) is 11.3 Å². The molecule has 1 fully saturated rings. The van der Waals surface area contributed by atoms with Crippen LogP contribution in [-0.2, 0) is 11.3 Å². The molecule has 0 N–H and O–H groups in total. The average Bonchev–Trinajstić information content (AvgIpc) is 3.55. The van der Waals surface area contributed by atoms with E-state index in [0.29, 0.717) is 30.9 Å². The monoisotopic (exact) mass is 457 g/mol. The van der Waals surface area contributed by atoms with E-state index in [1.807, 2.05) is 69.7 Å². The molecular weight excluding hydrogens is 430 g/mol. The summed E-state index contributed by atoms with van der Waals surface area (Å²) in [6.45, 7) is 3.90. The van der Waals surface area contributed by atoms with Gasteiger partial charge in [0.25, 0.3) is 5.91 Å². The fraction of sp³-hybridized carbons (Fsp3) is 0.308. The summed E-state index contributed by atoms with van der Waals surface area (Å²) in [4.78, 5) is 32.5. The molecule has 0 aliphatic carbocycles. The standard InChI is InChI=1S/C26H27N5O3/c1-3-31-24-21(17-27-31)20(16-22(28-24)18-8-5-4-6-9-18)25(32)29-14-11-19(12-15-29)30-13-7-10-23(30)26(33)34-2/h4-10,13,16-17,19H,3,11-12,14-15H2,1-2H3. The smallest absolute Gasteiger partial charge is 0.354 e. The van der Waals surface area contributed by atoms with Crippen LogP contribution in [0.2, 0.25) is 0 Å². The molecule has 0 unspecified atom stereocenters. The first kappa shape index (κ1) is 21.9. The largest absolute Gasteiger partial charge is 0.464 e. The second-order valence-electron chi connectivity index (χ2n) is 8.43. The molecule has 1 aliphatic heterocycles. The summed E-state index contributed by atoms with van der Waals surface area (Å²) in [5.41, 5.74) is 3.61. The predicted molar refractivity (Wildman–Crippen MR) is 129 cm³/mol. The van der Waals surface area contributed by atoms with Gasteiger partial charge in [-0.05, 0) is 38.0 Å². The number of aromatic nitrogens is 4. The first-order valence-electron chi connectivity index (χ1n) is 11.6. The third kappa shape index (κ3) is 3.85. The summed E-state index contributed by atoms with van der Waals surface area (Å²) >= 11 is 0. The number of benzene rings is 1. The first-order valence-corrected chi connectivity index (χ1v) is 11.6. The molecule has 0 radical (unpaired) electrons. The minimum Gasteiger partial charge on any atom is -0.464 e. The lowest BCUT2D eigenvalue weighted by atomic mass is 10.0. The van der Waals surface area contributed by atoms with Crippen molar-refractivity contribution < 1.29 is 14.3 Å². The Morgan fingerprint density at radius 2 is 1.85 bits per heavy atom. The highest BCUT2D eigenvalue weighted by atomic mass is 16.5. The van der Waals surface area contributed by atoms with Gasteiger partial charge in [0.1, 0.15) is 5.69 Å². The molecule has 8 heteroatoms. The number of nitrogens with zero attached hydrogens (tertiary/aromatic N) is 5.